The Hall–Kier alpha value is -2.70. The fourth-order valence-electron chi connectivity index (χ4n) is 3.50. The molecule has 2 aromatic rings. The van der Waals surface area contributed by atoms with Crippen LogP contribution < -0.4 is 20.3 Å². The average Bonchev–Trinajstić information content (AvgIpc) is 3.39. The zero-order valence-electron chi connectivity index (χ0n) is 18.9. The lowest BCUT2D eigenvalue weighted by molar-refractivity contribution is 0.383. The molecule has 7 nitrogen and oxygen atoms in total. The summed E-state index contributed by atoms with van der Waals surface area (Å²) < 4.78 is 11.2. The largest absolute Gasteiger partial charge is 0.497 e. The summed E-state index contributed by atoms with van der Waals surface area (Å²) in [4.78, 5) is 11.4. The second-order valence-corrected chi connectivity index (χ2v) is 8.75. The van der Waals surface area contributed by atoms with Crippen LogP contribution in [0.3, 0.4) is 0 Å². The van der Waals surface area contributed by atoms with Crippen LogP contribution in [0.2, 0.25) is 0 Å². The van der Waals surface area contributed by atoms with Gasteiger partial charge in [-0.1, -0.05) is 26.8 Å². The quantitative estimate of drug-likeness (QED) is 0.534. The number of methoxy groups -OCH3 is 1. The highest BCUT2D eigenvalue weighted by atomic mass is 16.5. The molecular weight excluding hydrogens is 378 g/mol. The van der Waals surface area contributed by atoms with Crippen LogP contribution in [0.25, 0.3) is 0 Å². The Bertz CT molecular complexity index is 840. The molecule has 164 valence electrons. The van der Waals surface area contributed by atoms with Crippen LogP contribution in [0.5, 0.6) is 5.75 Å². The Kier molecular flexibility index (Phi) is 7.24. The van der Waals surface area contributed by atoms with E-state index in [-0.39, 0.29) is 5.41 Å². The summed E-state index contributed by atoms with van der Waals surface area (Å²) >= 11 is 0. The fraction of sp³-hybridized carbons (Fsp3) is 0.565. The lowest BCUT2D eigenvalue weighted by atomic mass is 9.94. The number of ether oxygens (including phenoxy) is 1. The number of aromatic nitrogens is 1. The first-order valence-corrected chi connectivity index (χ1v) is 10.8. The highest BCUT2D eigenvalue weighted by molar-refractivity contribution is 5.79. The Morgan fingerprint density at radius 2 is 2.17 bits per heavy atom. The SMILES string of the molecule is CCNC(=NCc1ncc(C(C)(C)C)o1)NCC1CCN(c2cccc(OC)c2)C1. The number of hydrogen-bond donors (Lipinski definition) is 2. The molecule has 0 amide bonds. The number of nitrogens with one attached hydrogen (secondary N) is 2. The third kappa shape index (κ3) is 5.90. The Morgan fingerprint density at radius 3 is 2.87 bits per heavy atom. The van der Waals surface area contributed by atoms with Gasteiger partial charge in [0.1, 0.15) is 18.1 Å². The van der Waals surface area contributed by atoms with Gasteiger partial charge in [-0.3, -0.25) is 0 Å². The second kappa shape index (κ2) is 9.87. The molecule has 0 saturated carbocycles. The van der Waals surface area contributed by atoms with Gasteiger partial charge in [-0.25, -0.2) is 9.98 Å². The molecule has 0 bridgehead atoms. The van der Waals surface area contributed by atoms with Crippen LogP contribution in [0.4, 0.5) is 5.69 Å². The summed E-state index contributed by atoms with van der Waals surface area (Å²) in [6.07, 6.45) is 2.95. The standard InChI is InChI=1S/C23H35N5O2/c1-6-24-22(27-15-21-25-14-20(30-21)23(2,3)4)26-13-17-10-11-28(16-17)18-8-7-9-19(12-18)29-5/h7-9,12,14,17H,6,10-11,13,15-16H2,1-5H3,(H2,24,26,27). The number of anilines is 1. The van der Waals surface area contributed by atoms with Crippen LogP contribution in [-0.2, 0) is 12.0 Å². The predicted molar refractivity (Wildman–Crippen MR) is 121 cm³/mol. The van der Waals surface area contributed by atoms with Gasteiger partial charge >= 0.3 is 0 Å². The minimum absolute atomic E-state index is 0.0468. The van der Waals surface area contributed by atoms with Crippen LogP contribution in [0, 0.1) is 5.92 Å². The van der Waals surface area contributed by atoms with Crippen LogP contribution in [0.1, 0.15) is 45.8 Å². The minimum Gasteiger partial charge on any atom is -0.497 e. The van der Waals surface area contributed by atoms with Crippen molar-refractivity contribution in [3.8, 4) is 5.75 Å². The molecule has 0 radical (unpaired) electrons. The van der Waals surface area contributed by atoms with Crippen molar-refractivity contribution in [2.75, 3.05) is 38.2 Å². The molecule has 2 N–H and O–H groups in total. The first-order valence-electron chi connectivity index (χ1n) is 10.8. The highest BCUT2D eigenvalue weighted by Gasteiger charge is 2.23. The van der Waals surface area contributed by atoms with E-state index in [2.05, 4.69) is 65.3 Å². The predicted octanol–water partition coefficient (Wildman–Crippen LogP) is 3.56. The van der Waals surface area contributed by atoms with Gasteiger partial charge in [0.15, 0.2) is 5.96 Å². The molecule has 1 aromatic carbocycles. The molecule has 1 saturated heterocycles. The molecule has 1 aliphatic rings. The molecule has 0 aliphatic carbocycles. The average molecular weight is 414 g/mol. The van der Waals surface area contributed by atoms with E-state index in [0.29, 0.717) is 18.4 Å². The number of aliphatic imine (C=N–C) groups is 1. The lowest BCUT2D eigenvalue weighted by Crippen LogP contribution is -2.40. The van der Waals surface area contributed by atoms with Gasteiger partial charge in [-0.15, -0.1) is 0 Å². The van der Waals surface area contributed by atoms with Crippen molar-refractivity contribution in [3.63, 3.8) is 0 Å². The Balaban J connectivity index is 1.53. The summed E-state index contributed by atoms with van der Waals surface area (Å²) in [5, 5.41) is 6.79. The van der Waals surface area contributed by atoms with Gasteiger partial charge in [0.25, 0.3) is 0 Å². The number of oxazole rings is 1. The van der Waals surface area contributed by atoms with E-state index in [9.17, 15) is 0 Å². The Morgan fingerprint density at radius 1 is 1.33 bits per heavy atom. The molecule has 1 fully saturated rings. The first kappa shape index (κ1) is 22.0. The van der Waals surface area contributed by atoms with E-state index in [1.165, 1.54) is 5.69 Å². The second-order valence-electron chi connectivity index (χ2n) is 8.75. The molecule has 3 rings (SSSR count). The molecule has 2 heterocycles. The maximum Gasteiger partial charge on any atom is 0.216 e. The van der Waals surface area contributed by atoms with E-state index in [1.54, 1.807) is 13.3 Å². The van der Waals surface area contributed by atoms with E-state index in [4.69, 9.17) is 9.15 Å². The van der Waals surface area contributed by atoms with Crippen LogP contribution >= 0.6 is 0 Å². The molecular formula is C23H35N5O2. The molecule has 30 heavy (non-hydrogen) atoms. The summed E-state index contributed by atoms with van der Waals surface area (Å²) in [5.41, 5.74) is 1.17. The molecule has 0 spiro atoms. The van der Waals surface area contributed by atoms with Crippen LogP contribution in [-0.4, -0.2) is 44.2 Å². The highest BCUT2D eigenvalue weighted by Crippen LogP contribution is 2.26. The number of nitrogens with zero attached hydrogens (tertiary/aromatic N) is 3. The number of guanidine groups is 1. The van der Waals surface area contributed by atoms with Crippen molar-refractivity contribution in [3.05, 3.63) is 42.1 Å². The maximum atomic E-state index is 5.85. The summed E-state index contributed by atoms with van der Waals surface area (Å²) in [7, 11) is 1.71. The molecule has 1 aliphatic heterocycles. The number of rotatable bonds is 7. The normalized spacial score (nSPS) is 17.3. The Labute approximate surface area is 179 Å². The van der Waals surface area contributed by atoms with Crippen LogP contribution in [0.15, 0.2) is 39.9 Å². The molecule has 1 atom stereocenters. The van der Waals surface area contributed by atoms with Gasteiger partial charge in [0.2, 0.25) is 5.89 Å². The van der Waals surface area contributed by atoms with E-state index in [1.807, 2.05) is 12.1 Å². The van der Waals surface area contributed by atoms with E-state index >= 15 is 0 Å². The third-order valence-electron chi connectivity index (χ3n) is 5.27. The number of hydrogen-bond acceptors (Lipinski definition) is 5. The number of benzene rings is 1. The van der Waals surface area contributed by atoms with Gasteiger partial charge in [-0.2, -0.15) is 0 Å². The molecule has 1 aromatic heterocycles. The van der Waals surface area contributed by atoms with Crippen molar-refractivity contribution in [2.45, 2.75) is 46.1 Å². The minimum atomic E-state index is -0.0468. The zero-order valence-corrected chi connectivity index (χ0v) is 18.9. The maximum absolute atomic E-state index is 5.85. The summed E-state index contributed by atoms with van der Waals surface area (Å²) in [6.45, 7) is 12.6. The van der Waals surface area contributed by atoms with E-state index in [0.717, 1.165) is 50.1 Å². The van der Waals surface area contributed by atoms with Gasteiger partial charge < -0.3 is 24.7 Å². The van der Waals surface area contributed by atoms with Crippen molar-refractivity contribution < 1.29 is 9.15 Å². The smallest absolute Gasteiger partial charge is 0.216 e. The van der Waals surface area contributed by atoms with Gasteiger partial charge in [0, 0.05) is 43.3 Å². The van der Waals surface area contributed by atoms with E-state index < -0.39 is 0 Å². The third-order valence-corrected chi connectivity index (χ3v) is 5.27. The van der Waals surface area contributed by atoms with Crippen molar-refractivity contribution in [1.29, 1.82) is 0 Å². The molecule has 7 heteroatoms. The molecule has 1 unspecified atom stereocenters. The van der Waals surface area contributed by atoms with Crippen molar-refractivity contribution in [2.24, 2.45) is 10.9 Å². The summed E-state index contributed by atoms with van der Waals surface area (Å²) in [5.74, 6) is 3.79. The topological polar surface area (TPSA) is 74.9 Å². The zero-order chi connectivity index (χ0) is 21.6. The first-order chi connectivity index (χ1) is 14.4. The summed E-state index contributed by atoms with van der Waals surface area (Å²) in [6, 6.07) is 8.27. The van der Waals surface area contributed by atoms with Crippen molar-refractivity contribution in [1.82, 2.24) is 15.6 Å². The van der Waals surface area contributed by atoms with Crippen molar-refractivity contribution >= 4 is 11.6 Å². The fourth-order valence-corrected chi connectivity index (χ4v) is 3.50. The monoisotopic (exact) mass is 413 g/mol. The van der Waals surface area contributed by atoms with Gasteiger partial charge in [-0.05, 0) is 31.4 Å². The van der Waals surface area contributed by atoms with Gasteiger partial charge in [0.05, 0.1) is 13.3 Å². The lowest BCUT2D eigenvalue weighted by Gasteiger charge is -2.20.